The molecule has 1 radical (unpaired) electrons. The quantitative estimate of drug-likeness (QED) is 0.414. The van der Waals surface area contributed by atoms with Gasteiger partial charge in [0.1, 0.15) is 0 Å². The fourth-order valence-electron chi connectivity index (χ4n) is 0.384. The Morgan fingerprint density at radius 2 is 2.22 bits per heavy atom. The third kappa shape index (κ3) is 7.28. The van der Waals surface area contributed by atoms with Gasteiger partial charge < -0.3 is 4.74 Å². The van der Waals surface area contributed by atoms with E-state index in [0.29, 0.717) is 6.61 Å². The van der Waals surface area contributed by atoms with Gasteiger partial charge in [0, 0.05) is 0 Å². The lowest BCUT2D eigenvalue weighted by atomic mass is 10.4. The zero-order valence-electron chi connectivity index (χ0n) is 5.84. The van der Waals surface area contributed by atoms with Gasteiger partial charge in [-0.15, -0.1) is 0 Å². The Kier molecular flexibility index (Phi) is 6.70. The van der Waals surface area contributed by atoms with E-state index in [1.165, 1.54) is 0 Å². The molecule has 51 valence electrons. The largest absolute Gasteiger partial charge is 0.501 e. The van der Waals surface area contributed by atoms with Gasteiger partial charge in [0.2, 0.25) is 0 Å². The second-order valence-electron chi connectivity index (χ2n) is 1.54. The van der Waals surface area contributed by atoms with Gasteiger partial charge in [0.05, 0.1) is 12.9 Å². The number of ether oxygens (including phenoxy) is 1. The van der Waals surface area contributed by atoms with Gasteiger partial charge in [-0.2, -0.15) is 0 Å². The van der Waals surface area contributed by atoms with Gasteiger partial charge in [-0.05, 0) is 19.4 Å². The third-order valence-corrected chi connectivity index (χ3v) is 0.776. The Hall–Kier alpha value is -0.720. The normalized spacial score (nSPS) is 11.3. The average Bonchev–Trinajstić information content (AvgIpc) is 1.89. The highest BCUT2D eigenvalue weighted by molar-refractivity contribution is 4.98. The van der Waals surface area contributed by atoms with E-state index in [-0.39, 0.29) is 0 Å². The van der Waals surface area contributed by atoms with E-state index in [4.69, 9.17) is 4.74 Å². The Labute approximate surface area is 57.0 Å². The predicted octanol–water partition coefficient (Wildman–Crippen LogP) is 2.32. The van der Waals surface area contributed by atoms with Crippen molar-refractivity contribution in [2.45, 2.75) is 13.3 Å². The fourth-order valence-corrected chi connectivity index (χ4v) is 0.384. The minimum Gasteiger partial charge on any atom is -0.501 e. The minimum absolute atomic E-state index is 0.496. The zero-order valence-corrected chi connectivity index (χ0v) is 5.84. The van der Waals surface area contributed by atoms with E-state index in [1.807, 2.05) is 12.2 Å². The molecule has 0 heterocycles. The van der Waals surface area contributed by atoms with Gasteiger partial charge in [-0.3, -0.25) is 0 Å². The van der Waals surface area contributed by atoms with Crippen LogP contribution >= 0.6 is 0 Å². The second kappa shape index (κ2) is 7.28. The second-order valence-corrected chi connectivity index (χ2v) is 1.54. The summed E-state index contributed by atoms with van der Waals surface area (Å²) in [4.78, 5) is 0. The van der Waals surface area contributed by atoms with Crippen LogP contribution in [0.5, 0.6) is 0 Å². The molecule has 0 aliphatic heterocycles. The molecule has 0 aliphatic rings. The summed E-state index contributed by atoms with van der Waals surface area (Å²) in [6.45, 7) is 6.09. The Bertz CT molecular complexity index is 92.7. The van der Waals surface area contributed by atoms with Crippen molar-refractivity contribution in [1.29, 1.82) is 0 Å². The van der Waals surface area contributed by atoms with Crippen LogP contribution in [0.1, 0.15) is 13.3 Å². The van der Waals surface area contributed by atoms with Gasteiger partial charge in [-0.25, -0.2) is 0 Å². The lowest BCUT2D eigenvalue weighted by Crippen LogP contribution is -1.74. The molecule has 0 rings (SSSR count). The minimum atomic E-state index is 0.496. The summed E-state index contributed by atoms with van der Waals surface area (Å²) in [5.41, 5.74) is 0. The third-order valence-electron chi connectivity index (χ3n) is 0.776. The van der Waals surface area contributed by atoms with Crippen molar-refractivity contribution in [3.05, 3.63) is 31.4 Å². The van der Waals surface area contributed by atoms with E-state index < -0.39 is 0 Å². The van der Waals surface area contributed by atoms with Crippen molar-refractivity contribution in [3.63, 3.8) is 0 Å². The van der Waals surface area contributed by atoms with Crippen molar-refractivity contribution in [2.75, 3.05) is 6.61 Å². The molecule has 0 N–H and O–H groups in total. The van der Waals surface area contributed by atoms with Crippen LogP contribution in [0.2, 0.25) is 0 Å². The SMILES string of the molecule is [CH2]COC=CC=CCC. The maximum Gasteiger partial charge on any atom is 0.0874 e. The summed E-state index contributed by atoms with van der Waals surface area (Å²) >= 11 is 0. The predicted molar refractivity (Wildman–Crippen MR) is 39.9 cm³/mol. The average molecular weight is 125 g/mol. The molecule has 0 spiro atoms. The molecule has 0 unspecified atom stereocenters. The molecule has 0 amide bonds. The van der Waals surface area contributed by atoms with E-state index >= 15 is 0 Å². The molecule has 1 nitrogen and oxygen atoms in total. The summed E-state index contributed by atoms with van der Waals surface area (Å²) in [7, 11) is 0. The topological polar surface area (TPSA) is 9.23 Å². The van der Waals surface area contributed by atoms with Crippen molar-refractivity contribution in [2.24, 2.45) is 0 Å². The molecular formula is C8H13O. The maximum absolute atomic E-state index is 4.84. The number of allylic oxidation sites excluding steroid dienone is 3. The summed E-state index contributed by atoms with van der Waals surface area (Å²) in [6.07, 6.45) is 8.57. The number of hydrogen-bond acceptors (Lipinski definition) is 1. The first-order valence-electron chi connectivity index (χ1n) is 3.14. The van der Waals surface area contributed by atoms with Crippen molar-refractivity contribution < 1.29 is 4.74 Å². The first-order valence-corrected chi connectivity index (χ1v) is 3.14. The molecule has 0 aromatic heterocycles. The number of rotatable bonds is 4. The molecule has 0 atom stereocenters. The van der Waals surface area contributed by atoms with Gasteiger partial charge in [0.25, 0.3) is 0 Å². The van der Waals surface area contributed by atoms with Crippen LogP contribution in [0.25, 0.3) is 0 Å². The highest BCUT2D eigenvalue weighted by Crippen LogP contribution is 1.82. The molecule has 0 aromatic rings. The smallest absolute Gasteiger partial charge is 0.0874 e. The zero-order chi connectivity index (χ0) is 6.95. The molecular weight excluding hydrogens is 112 g/mol. The van der Waals surface area contributed by atoms with Crippen LogP contribution < -0.4 is 0 Å². The van der Waals surface area contributed by atoms with Crippen molar-refractivity contribution >= 4 is 0 Å². The van der Waals surface area contributed by atoms with Crippen LogP contribution in [-0.2, 0) is 4.74 Å². The maximum atomic E-state index is 4.84. The summed E-state index contributed by atoms with van der Waals surface area (Å²) in [5, 5.41) is 0. The van der Waals surface area contributed by atoms with Crippen LogP contribution in [0, 0.1) is 6.92 Å². The monoisotopic (exact) mass is 125 g/mol. The van der Waals surface area contributed by atoms with Crippen LogP contribution in [0.3, 0.4) is 0 Å². The van der Waals surface area contributed by atoms with E-state index in [9.17, 15) is 0 Å². The van der Waals surface area contributed by atoms with E-state index in [2.05, 4.69) is 19.9 Å². The molecule has 0 saturated carbocycles. The first-order chi connectivity index (χ1) is 4.41. The first kappa shape index (κ1) is 8.28. The summed E-state index contributed by atoms with van der Waals surface area (Å²) < 4.78 is 4.84. The molecule has 0 fully saturated rings. The lowest BCUT2D eigenvalue weighted by molar-refractivity contribution is 0.288. The van der Waals surface area contributed by atoms with Gasteiger partial charge >= 0.3 is 0 Å². The Morgan fingerprint density at radius 1 is 1.44 bits per heavy atom. The molecule has 0 aromatic carbocycles. The molecule has 0 bridgehead atoms. The molecule has 0 aliphatic carbocycles. The van der Waals surface area contributed by atoms with Crippen molar-refractivity contribution in [1.82, 2.24) is 0 Å². The van der Waals surface area contributed by atoms with Crippen LogP contribution in [0.15, 0.2) is 24.5 Å². The summed E-state index contributed by atoms with van der Waals surface area (Å²) in [6, 6.07) is 0. The Balaban J connectivity index is 3.13. The Morgan fingerprint density at radius 3 is 2.78 bits per heavy atom. The van der Waals surface area contributed by atoms with E-state index in [0.717, 1.165) is 6.42 Å². The van der Waals surface area contributed by atoms with Crippen LogP contribution in [-0.4, -0.2) is 6.61 Å². The van der Waals surface area contributed by atoms with Gasteiger partial charge in [0.15, 0.2) is 0 Å². The standard InChI is InChI=1S/C8H13O/c1-3-5-6-7-8-9-4-2/h5-8H,2-4H2,1H3. The molecule has 9 heavy (non-hydrogen) atoms. The van der Waals surface area contributed by atoms with Crippen molar-refractivity contribution in [3.8, 4) is 0 Å². The molecule has 0 saturated heterocycles. The van der Waals surface area contributed by atoms with Crippen LogP contribution in [0.4, 0.5) is 0 Å². The van der Waals surface area contributed by atoms with Gasteiger partial charge in [-0.1, -0.05) is 19.1 Å². The highest BCUT2D eigenvalue weighted by atomic mass is 16.5. The number of hydrogen-bond donors (Lipinski definition) is 0. The highest BCUT2D eigenvalue weighted by Gasteiger charge is 1.65. The summed E-state index contributed by atoms with van der Waals surface area (Å²) in [5.74, 6) is 0. The molecule has 1 heteroatoms. The van der Waals surface area contributed by atoms with E-state index in [1.54, 1.807) is 6.26 Å². The lowest BCUT2D eigenvalue weighted by Gasteiger charge is -1.87. The fraction of sp³-hybridized carbons (Fsp3) is 0.375.